The molecule has 0 saturated carbocycles. The first-order valence-corrected chi connectivity index (χ1v) is 16.0. The summed E-state index contributed by atoms with van der Waals surface area (Å²) in [5.41, 5.74) is 13.9. The largest absolute Gasteiger partial charge is 0.353 e. The molecule has 2 heterocycles. The molecule has 5 aromatic rings. The fourth-order valence-corrected chi connectivity index (χ4v) is 5.85. The summed E-state index contributed by atoms with van der Waals surface area (Å²) in [6.07, 6.45) is 0. The molecule has 0 amide bonds. The lowest BCUT2D eigenvalue weighted by Crippen LogP contribution is -2.15. The Morgan fingerprint density at radius 1 is 0.644 bits per heavy atom. The number of aliphatic imine (C=N–C) groups is 2. The number of fused-ring (bicyclic) bond motifs is 2. The van der Waals surface area contributed by atoms with Crippen LogP contribution < -0.4 is 5.32 Å². The lowest BCUT2D eigenvalue weighted by Gasteiger charge is -2.20. The van der Waals surface area contributed by atoms with Crippen LogP contribution >= 0.6 is 0 Å². The first-order valence-electron chi connectivity index (χ1n) is 16.0. The van der Waals surface area contributed by atoms with E-state index in [-0.39, 0.29) is 16.2 Å². The zero-order valence-electron chi connectivity index (χ0n) is 28.5. The van der Waals surface area contributed by atoms with E-state index < -0.39 is 0 Å². The average molecular weight is 595 g/mol. The van der Waals surface area contributed by atoms with Crippen LogP contribution in [0.15, 0.2) is 94.9 Å². The number of aryl methyl sites for hydroxylation is 1. The molecule has 1 aromatic heterocycles. The van der Waals surface area contributed by atoms with Crippen LogP contribution in [-0.2, 0) is 16.2 Å². The Hall–Kier alpha value is -4.44. The molecule has 2 N–H and O–H groups in total. The van der Waals surface area contributed by atoms with Crippen LogP contribution in [0, 0.1) is 6.92 Å². The highest BCUT2D eigenvalue weighted by Crippen LogP contribution is 2.39. The number of hydrogen-bond acceptors (Lipinski definition) is 3. The SMILES string of the molecule is Cc1ccc2c(c1)C(=Nc1ccc(C(C)(C)C)cc1)C(c1[nH]c3ccc(C(C)(C)C)cc3c1Nc1ccc(C(C)(C)C)cc1)=N2. The Morgan fingerprint density at radius 2 is 1.22 bits per heavy atom. The third kappa shape index (κ3) is 6.11. The molecule has 0 atom stereocenters. The van der Waals surface area contributed by atoms with Gasteiger partial charge >= 0.3 is 0 Å². The summed E-state index contributed by atoms with van der Waals surface area (Å²) in [6.45, 7) is 22.4. The van der Waals surface area contributed by atoms with E-state index in [0.29, 0.717) is 0 Å². The van der Waals surface area contributed by atoms with Gasteiger partial charge in [0.1, 0.15) is 11.4 Å². The van der Waals surface area contributed by atoms with Crippen LogP contribution in [-0.4, -0.2) is 16.4 Å². The summed E-state index contributed by atoms with van der Waals surface area (Å²) in [4.78, 5) is 14.3. The Morgan fingerprint density at radius 3 is 1.82 bits per heavy atom. The third-order valence-corrected chi connectivity index (χ3v) is 8.76. The van der Waals surface area contributed by atoms with Crippen molar-refractivity contribution in [2.45, 2.75) is 85.5 Å². The van der Waals surface area contributed by atoms with Crippen LogP contribution in [0.2, 0.25) is 0 Å². The molecule has 1 aliphatic heterocycles. The summed E-state index contributed by atoms with van der Waals surface area (Å²) < 4.78 is 0. The lowest BCUT2D eigenvalue weighted by atomic mass is 9.86. The van der Waals surface area contributed by atoms with E-state index in [0.717, 1.165) is 56.3 Å². The van der Waals surface area contributed by atoms with Gasteiger partial charge in [0, 0.05) is 22.2 Å². The number of H-pyrrole nitrogens is 1. The van der Waals surface area contributed by atoms with Gasteiger partial charge in [-0.3, -0.25) is 0 Å². The predicted molar refractivity (Wildman–Crippen MR) is 194 cm³/mol. The Bertz CT molecular complexity index is 1950. The van der Waals surface area contributed by atoms with Crippen LogP contribution in [0.5, 0.6) is 0 Å². The Labute approximate surface area is 268 Å². The second-order valence-electron chi connectivity index (χ2n) is 15.6. The quantitative estimate of drug-likeness (QED) is 0.214. The molecule has 1 aliphatic rings. The smallest absolute Gasteiger partial charge is 0.116 e. The van der Waals surface area contributed by atoms with Crippen LogP contribution in [0.1, 0.15) is 95.8 Å². The number of nitrogens with one attached hydrogen (secondary N) is 2. The maximum atomic E-state index is 5.27. The van der Waals surface area contributed by atoms with Crippen molar-refractivity contribution in [2.75, 3.05) is 5.32 Å². The van der Waals surface area contributed by atoms with Crippen molar-refractivity contribution in [3.63, 3.8) is 0 Å². The lowest BCUT2D eigenvalue weighted by molar-refractivity contribution is 0.590. The molecule has 0 saturated heterocycles. The highest BCUT2D eigenvalue weighted by Gasteiger charge is 2.29. The fourth-order valence-electron chi connectivity index (χ4n) is 5.85. The van der Waals surface area contributed by atoms with E-state index >= 15 is 0 Å². The normalized spacial score (nSPS) is 14.6. The number of benzene rings is 4. The molecule has 45 heavy (non-hydrogen) atoms. The minimum absolute atomic E-state index is 0.0156. The van der Waals surface area contributed by atoms with Crippen molar-refractivity contribution in [3.05, 3.63) is 118 Å². The number of rotatable bonds is 4. The minimum Gasteiger partial charge on any atom is -0.353 e. The van der Waals surface area contributed by atoms with E-state index in [2.05, 4.69) is 164 Å². The minimum atomic E-state index is 0.0156. The topological polar surface area (TPSA) is 52.5 Å². The van der Waals surface area contributed by atoms with Crippen molar-refractivity contribution in [1.29, 1.82) is 0 Å². The van der Waals surface area contributed by atoms with Crippen molar-refractivity contribution in [2.24, 2.45) is 9.98 Å². The number of hydrogen-bond donors (Lipinski definition) is 2. The molecular formula is C41H46N4. The maximum Gasteiger partial charge on any atom is 0.116 e. The summed E-state index contributed by atoms with van der Waals surface area (Å²) >= 11 is 0. The van der Waals surface area contributed by atoms with Gasteiger partial charge in [-0.15, -0.1) is 0 Å². The van der Waals surface area contributed by atoms with Gasteiger partial charge in [0.05, 0.1) is 22.8 Å². The van der Waals surface area contributed by atoms with Crippen LogP contribution in [0.25, 0.3) is 10.9 Å². The van der Waals surface area contributed by atoms with E-state index in [1.54, 1.807) is 0 Å². The third-order valence-electron chi connectivity index (χ3n) is 8.76. The van der Waals surface area contributed by atoms with Gasteiger partial charge in [-0.25, -0.2) is 9.98 Å². The second kappa shape index (κ2) is 10.9. The molecule has 0 spiro atoms. The fraction of sp³-hybridized carbons (Fsp3) is 0.317. The summed E-state index contributed by atoms with van der Waals surface area (Å²) in [5.74, 6) is 0. The van der Waals surface area contributed by atoms with Gasteiger partial charge in [0.25, 0.3) is 0 Å². The Kier molecular flexibility index (Phi) is 7.39. The van der Waals surface area contributed by atoms with Gasteiger partial charge in [0.2, 0.25) is 0 Å². The van der Waals surface area contributed by atoms with E-state index in [1.165, 1.54) is 22.3 Å². The molecule has 0 unspecified atom stereocenters. The molecule has 230 valence electrons. The molecule has 4 nitrogen and oxygen atoms in total. The standard InChI is InChI=1S/C41H46N4/c1-25-11-21-33-31(23-25)35(42-29-17-12-26(13-18-29)39(2,3)4)37(44-33)38-36(43-30-19-14-27(15-20-30)40(5,6)7)32-24-28(41(8,9)10)16-22-34(32)45-38/h11-24,43,45H,1-10H3. The zero-order chi connectivity index (χ0) is 32.3. The molecular weight excluding hydrogens is 548 g/mol. The van der Waals surface area contributed by atoms with Gasteiger partial charge in [0.15, 0.2) is 0 Å². The number of aromatic amines is 1. The van der Waals surface area contributed by atoms with Crippen molar-refractivity contribution >= 4 is 45.1 Å². The molecule has 6 rings (SSSR count). The molecule has 0 bridgehead atoms. The van der Waals surface area contributed by atoms with Crippen LogP contribution in [0.4, 0.5) is 22.7 Å². The number of aromatic nitrogens is 1. The van der Waals surface area contributed by atoms with Crippen molar-refractivity contribution < 1.29 is 0 Å². The number of nitrogens with zero attached hydrogens (tertiary/aromatic N) is 2. The average Bonchev–Trinajstić information content (AvgIpc) is 3.49. The first kappa shape index (κ1) is 30.6. The van der Waals surface area contributed by atoms with Gasteiger partial charge in [-0.2, -0.15) is 0 Å². The predicted octanol–water partition coefficient (Wildman–Crippen LogP) is 11.4. The molecule has 0 aliphatic carbocycles. The molecule has 0 fully saturated rings. The van der Waals surface area contributed by atoms with E-state index in [1.807, 2.05) is 0 Å². The zero-order valence-corrected chi connectivity index (χ0v) is 28.5. The number of anilines is 2. The van der Waals surface area contributed by atoms with E-state index in [9.17, 15) is 0 Å². The highest BCUT2D eigenvalue weighted by molar-refractivity contribution is 6.58. The molecule has 0 radical (unpaired) electrons. The van der Waals surface area contributed by atoms with Gasteiger partial charge < -0.3 is 10.3 Å². The summed E-state index contributed by atoms with van der Waals surface area (Å²) in [7, 11) is 0. The summed E-state index contributed by atoms with van der Waals surface area (Å²) in [6, 6.07) is 30.6. The van der Waals surface area contributed by atoms with Crippen molar-refractivity contribution in [1.82, 2.24) is 4.98 Å². The first-order chi connectivity index (χ1) is 21.1. The molecule has 4 aromatic carbocycles. The monoisotopic (exact) mass is 594 g/mol. The van der Waals surface area contributed by atoms with Gasteiger partial charge in [-0.05, 0) is 88.4 Å². The van der Waals surface area contributed by atoms with E-state index in [4.69, 9.17) is 9.98 Å². The van der Waals surface area contributed by atoms with Crippen LogP contribution in [0.3, 0.4) is 0 Å². The van der Waals surface area contributed by atoms with Crippen molar-refractivity contribution in [3.8, 4) is 0 Å². The molecule has 4 heteroatoms. The Balaban J connectivity index is 1.53. The van der Waals surface area contributed by atoms with Gasteiger partial charge in [-0.1, -0.05) is 104 Å². The summed E-state index contributed by atoms with van der Waals surface area (Å²) in [5, 5.41) is 4.95. The maximum absolute atomic E-state index is 5.27. The second-order valence-corrected chi connectivity index (χ2v) is 15.6. The highest BCUT2D eigenvalue weighted by atomic mass is 15.0.